The Balaban J connectivity index is 2.23. The van der Waals surface area contributed by atoms with Crippen molar-refractivity contribution in [3.8, 4) is 0 Å². The Hall–Kier alpha value is -1.30. The molecule has 6 heteroatoms. The summed E-state index contributed by atoms with van der Waals surface area (Å²) in [7, 11) is 3.80. The summed E-state index contributed by atoms with van der Waals surface area (Å²) in [5, 5.41) is 0.781. The van der Waals surface area contributed by atoms with Crippen LogP contribution < -0.4 is 10.6 Å². The van der Waals surface area contributed by atoms with E-state index in [1.807, 2.05) is 23.9 Å². The number of rotatable bonds is 3. The van der Waals surface area contributed by atoms with Crippen molar-refractivity contribution < 1.29 is 4.79 Å². The number of likely N-dealkylation sites (tertiary alicyclic amines) is 1. The predicted molar refractivity (Wildman–Crippen MR) is 75.2 cm³/mol. The van der Waals surface area contributed by atoms with E-state index < -0.39 is 0 Å². The maximum Gasteiger partial charge on any atom is 0.268 e. The molecule has 0 saturated carbocycles. The number of nitrogen functional groups attached to an aromatic ring is 1. The van der Waals surface area contributed by atoms with Gasteiger partial charge in [0.25, 0.3) is 5.91 Å². The Kier molecular flexibility index (Phi) is 3.75. The van der Waals surface area contributed by atoms with Gasteiger partial charge in [0.2, 0.25) is 0 Å². The van der Waals surface area contributed by atoms with Crippen molar-refractivity contribution in [1.29, 1.82) is 0 Å². The molecule has 1 aromatic rings. The van der Waals surface area contributed by atoms with Crippen molar-refractivity contribution in [2.45, 2.75) is 32.2 Å². The molecule has 1 unspecified atom stereocenters. The number of nitrogens with two attached hydrogens (primary N) is 1. The van der Waals surface area contributed by atoms with Gasteiger partial charge < -0.3 is 15.5 Å². The minimum atomic E-state index is 0.0439. The summed E-state index contributed by atoms with van der Waals surface area (Å²) < 4.78 is 0. The number of amides is 1. The first-order chi connectivity index (χ1) is 8.54. The molecule has 1 aromatic heterocycles. The van der Waals surface area contributed by atoms with Crippen molar-refractivity contribution in [3.63, 3.8) is 0 Å². The Morgan fingerprint density at radius 2 is 2.33 bits per heavy atom. The Morgan fingerprint density at radius 3 is 2.89 bits per heavy atom. The third-order valence-corrected chi connectivity index (χ3v) is 4.56. The van der Waals surface area contributed by atoms with Crippen LogP contribution in [0.15, 0.2) is 0 Å². The summed E-state index contributed by atoms with van der Waals surface area (Å²) in [6, 6.07) is 0.363. The molecule has 1 amide bonds. The molecular weight excluding hydrogens is 248 g/mol. The molecule has 2 heterocycles. The number of thiazole rings is 1. The first-order valence-corrected chi connectivity index (χ1v) is 7.10. The Morgan fingerprint density at radius 1 is 1.61 bits per heavy atom. The molecule has 0 radical (unpaired) electrons. The lowest BCUT2D eigenvalue weighted by Crippen LogP contribution is -2.34. The Labute approximate surface area is 112 Å². The molecule has 0 aliphatic carbocycles. The second-order valence-electron chi connectivity index (χ2n) is 4.81. The molecule has 0 spiro atoms. The van der Waals surface area contributed by atoms with E-state index in [-0.39, 0.29) is 5.91 Å². The van der Waals surface area contributed by atoms with Gasteiger partial charge in [0.1, 0.15) is 10.7 Å². The summed E-state index contributed by atoms with van der Waals surface area (Å²) >= 11 is 1.37. The minimum absolute atomic E-state index is 0.0439. The van der Waals surface area contributed by atoms with Crippen molar-refractivity contribution in [2.24, 2.45) is 0 Å². The highest BCUT2D eigenvalue weighted by molar-refractivity contribution is 7.18. The molecule has 1 aliphatic heterocycles. The fourth-order valence-electron chi connectivity index (χ4n) is 2.32. The largest absolute Gasteiger partial charge is 0.382 e. The highest BCUT2D eigenvalue weighted by Gasteiger charge is 2.30. The average Bonchev–Trinajstić information content (AvgIpc) is 2.93. The van der Waals surface area contributed by atoms with Crippen LogP contribution in [0, 0.1) is 0 Å². The average molecular weight is 268 g/mol. The third kappa shape index (κ3) is 2.29. The van der Waals surface area contributed by atoms with E-state index in [9.17, 15) is 4.79 Å². The first kappa shape index (κ1) is 13.1. The zero-order valence-electron chi connectivity index (χ0n) is 11.1. The van der Waals surface area contributed by atoms with Crippen LogP contribution in [0.3, 0.4) is 0 Å². The highest BCUT2D eigenvalue weighted by atomic mass is 32.1. The lowest BCUT2D eigenvalue weighted by Gasteiger charge is -2.22. The van der Waals surface area contributed by atoms with Crippen LogP contribution in [0.4, 0.5) is 10.9 Å². The van der Waals surface area contributed by atoms with Gasteiger partial charge in [-0.15, -0.1) is 0 Å². The fourth-order valence-corrected chi connectivity index (χ4v) is 3.19. The van der Waals surface area contributed by atoms with E-state index in [0.29, 0.717) is 16.7 Å². The number of hydrogen-bond donors (Lipinski definition) is 1. The number of aromatic nitrogens is 1. The summed E-state index contributed by atoms with van der Waals surface area (Å²) in [6.45, 7) is 2.96. The van der Waals surface area contributed by atoms with E-state index in [2.05, 4.69) is 11.9 Å². The molecule has 18 heavy (non-hydrogen) atoms. The zero-order chi connectivity index (χ0) is 13.3. The summed E-state index contributed by atoms with van der Waals surface area (Å²) in [6.07, 6.45) is 3.19. The molecule has 0 bridgehead atoms. The predicted octanol–water partition coefficient (Wildman–Crippen LogP) is 1.81. The number of carbonyl (C=O) groups excluding carboxylic acids is 1. The van der Waals surface area contributed by atoms with Crippen LogP contribution in [0.5, 0.6) is 0 Å². The van der Waals surface area contributed by atoms with Crippen molar-refractivity contribution >= 4 is 28.2 Å². The summed E-state index contributed by atoms with van der Waals surface area (Å²) in [5.41, 5.74) is 5.86. The van der Waals surface area contributed by atoms with Crippen LogP contribution in [-0.2, 0) is 0 Å². The molecule has 2 rings (SSSR count). The maximum atomic E-state index is 12.5. The SMILES string of the molecule is CCC1CCCN1C(=O)c1sc(N(C)C)nc1N. The summed E-state index contributed by atoms with van der Waals surface area (Å²) in [4.78, 5) is 21.1. The lowest BCUT2D eigenvalue weighted by molar-refractivity contribution is 0.0739. The third-order valence-electron chi connectivity index (χ3n) is 3.33. The van der Waals surface area contributed by atoms with E-state index in [4.69, 9.17) is 5.73 Å². The van der Waals surface area contributed by atoms with Gasteiger partial charge in [0.15, 0.2) is 5.13 Å². The molecule has 2 N–H and O–H groups in total. The minimum Gasteiger partial charge on any atom is -0.382 e. The van der Waals surface area contributed by atoms with Gasteiger partial charge in [0.05, 0.1) is 0 Å². The smallest absolute Gasteiger partial charge is 0.268 e. The van der Waals surface area contributed by atoms with Gasteiger partial charge in [-0.05, 0) is 19.3 Å². The van der Waals surface area contributed by atoms with E-state index in [0.717, 1.165) is 30.9 Å². The summed E-state index contributed by atoms with van der Waals surface area (Å²) in [5.74, 6) is 0.401. The Bertz CT molecular complexity index is 443. The standard InChI is InChI=1S/C12H20N4OS/c1-4-8-6-5-7-16(8)11(17)9-10(13)14-12(18-9)15(2)3/h8H,4-7,13H2,1-3H3. The lowest BCUT2D eigenvalue weighted by atomic mass is 10.2. The highest BCUT2D eigenvalue weighted by Crippen LogP contribution is 2.30. The molecule has 1 aliphatic rings. The van der Waals surface area contributed by atoms with Gasteiger partial charge in [-0.1, -0.05) is 18.3 Å². The van der Waals surface area contributed by atoms with Gasteiger partial charge >= 0.3 is 0 Å². The molecule has 5 nitrogen and oxygen atoms in total. The number of hydrogen-bond acceptors (Lipinski definition) is 5. The molecule has 1 fully saturated rings. The number of anilines is 2. The van der Waals surface area contributed by atoms with Gasteiger partial charge in [-0.3, -0.25) is 4.79 Å². The van der Waals surface area contributed by atoms with Crippen LogP contribution in [0.1, 0.15) is 35.9 Å². The van der Waals surface area contributed by atoms with Gasteiger partial charge in [-0.2, -0.15) is 0 Å². The van der Waals surface area contributed by atoms with Crippen LogP contribution in [0.25, 0.3) is 0 Å². The molecule has 0 aromatic carbocycles. The van der Waals surface area contributed by atoms with Crippen molar-refractivity contribution in [3.05, 3.63) is 4.88 Å². The van der Waals surface area contributed by atoms with Crippen LogP contribution in [0.2, 0.25) is 0 Å². The van der Waals surface area contributed by atoms with Gasteiger partial charge in [-0.25, -0.2) is 4.98 Å². The second-order valence-corrected chi connectivity index (χ2v) is 5.79. The number of carbonyl (C=O) groups is 1. The van der Waals surface area contributed by atoms with Crippen LogP contribution >= 0.6 is 11.3 Å². The molecule has 1 atom stereocenters. The topological polar surface area (TPSA) is 62.5 Å². The second kappa shape index (κ2) is 5.14. The molecular formula is C12H20N4OS. The molecule has 1 saturated heterocycles. The quantitative estimate of drug-likeness (QED) is 0.908. The van der Waals surface area contributed by atoms with Gasteiger partial charge in [0, 0.05) is 26.7 Å². The van der Waals surface area contributed by atoms with E-state index in [1.165, 1.54) is 11.3 Å². The zero-order valence-corrected chi connectivity index (χ0v) is 12.0. The molecule has 100 valence electrons. The maximum absolute atomic E-state index is 12.5. The van der Waals surface area contributed by atoms with Crippen molar-refractivity contribution in [2.75, 3.05) is 31.3 Å². The monoisotopic (exact) mass is 268 g/mol. The first-order valence-electron chi connectivity index (χ1n) is 6.29. The van der Waals surface area contributed by atoms with Crippen molar-refractivity contribution in [1.82, 2.24) is 9.88 Å². The van der Waals surface area contributed by atoms with E-state index >= 15 is 0 Å². The number of nitrogens with zero attached hydrogens (tertiary/aromatic N) is 3. The fraction of sp³-hybridized carbons (Fsp3) is 0.667. The van der Waals surface area contributed by atoms with E-state index in [1.54, 1.807) is 0 Å². The normalized spacial score (nSPS) is 19.3. The van der Waals surface area contributed by atoms with Crippen LogP contribution in [-0.4, -0.2) is 42.5 Å².